The van der Waals surface area contributed by atoms with Crippen molar-refractivity contribution in [3.63, 3.8) is 0 Å². The van der Waals surface area contributed by atoms with E-state index < -0.39 is 0 Å². The molecule has 0 aliphatic carbocycles. The molecule has 0 rings (SSSR count). The van der Waals surface area contributed by atoms with E-state index in [1.54, 1.807) is 26.1 Å². The van der Waals surface area contributed by atoms with Gasteiger partial charge in [-0.3, -0.25) is 9.69 Å². The molecule has 0 bridgehead atoms. The van der Waals surface area contributed by atoms with Gasteiger partial charge in [0.15, 0.2) is 0 Å². The summed E-state index contributed by atoms with van der Waals surface area (Å²) in [6.07, 6.45) is 2.60. The van der Waals surface area contributed by atoms with Gasteiger partial charge in [-0.1, -0.05) is 13.8 Å². The van der Waals surface area contributed by atoms with Gasteiger partial charge in [0.05, 0.1) is 6.61 Å². The first-order valence-electron chi connectivity index (χ1n) is 7.16. The van der Waals surface area contributed by atoms with Gasteiger partial charge in [-0.05, 0) is 12.8 Å². The zero-order valence-corrected chi connectivity index (χ0v) is 13.2. The minimum atomic E-state index is 0.0925. The number of carbonyl (C=O) groups is 1. The Morgan fingerprint density at radius 2 is 1.79 bits per heavy atom. The van der Waals surface area contributed by atoms with Crippen molar-refractivity contribution in [3.05, 3.63) is 0 Å². The molecule has 114 valence electrons. The molecule has 1 amide bonds. The van der Waals surface area contributed by atoms with Crippen LogP contribution in [0.25, 0.3) is 0 Å². The molecule has 5 nitrogen and oxygen atoms in total. The summed E-state index contributed by atoms with van der Waals surface area (Å²) in [5.41, 5.74) is 5.89. The Morgan fingerprint density at radius 3 is 2.16 bits per heavy atom. The molecule has 19 heavy (non-hydrogen) atoms. The van der Waals surface area contributed by atoms with Crippen molar-refractivity contribution in [3.8, 4) is 0 Å². The second kappa shape index (κ2) is 10.2. The highest BCUT2D eigenvalue weighted by atomic mass is 16.5. The van der Waals surface area contributed by atoms with Gasteiger partial charge in [-0.15, -0.1) is 0 Å². The van der Waals surface area contributed by atoms with Gasteiger partial charge < -0.3 is 15.4 Å². The average molecular weight is 273 g/mol. The summed E-state index contributed by atoms with van der Waals surface area (Å²) in [6.45, 7) is 6.35. The summed E-state index contributed by atoms with van der Waals surface area (Å²) in [6, 6.07) is 0.550. The molecule has 1 unspecified atom stereocenters. The van der Waals surface area contributed by atoms with Crippen LogP contribution in [0.4, 0.5) is 0 Å². The SMILES string of the molecule is CCC(CC)N(CCOC)C(CN)CC(=O)N(C)C. The van der Waals surface area contributed by atoms with Crippen LogP contribution in [-0.4, -0.2) is 68.7 Å². The molecule has 2 N–H and O–H groups in total. The first kappa shape index (κ1) is 18.4. The number of hydrogen-bond donors (Lipinski definition) is 1. The molecular formula is C14H31N3O2. The quantitative estimate of drug-likeness (QED) is 0.643. The van der Waals surface area contributed by atoms with E-state index in [4.69, 9.17) is 10.5 Å². The van der Waals surface area contributed by atoms with E-state index in [0.29, 0.717) is 25.6 Å². The maximum absolute atomic E-state index is 11.9. The van der Waals surface area contributed by atoms with Crippen LogP contribution >= 0.6 is 0 Å². The lowest BCUT2D eigenvalue weighted by atomic mass is 10.0. The Hall–Kier alpha value is -0.650. The summed E-state index contributed by atoms with van der Waals surface area (Å²) in [5, 5.41) is 0. The highest BCUT2D eigenvalue weighted by molar-refractivity contribution is 5.76. The Labute approximate surface area is 118 Å². The van der Waals surface area contributed by atoms with Crippen LogP contribution in [0.1, 0.15) is 33.1 Å². The Kier molecular flexibility index (Phi) is 9.83. The number of ether oxygens (including phenoxy) is 1. The lowest BCUT2D eigenvalue weighted by Crippen LogP contribution is -2.49. The van der Waals surface area contributed by atoms with Gasteiger partial charge in [-0.25, -0.2) is 0 Å². The fraction of sp³-hybridized carbons (Fsp3) is 0.929. The number of rotatable bonds is 10. The highest BCUT2D eigenvalue weighted by Crippen LogP contribution is 2.15. The van der Waals surface area contributed by atoms with Gasteiger partial charge in [0.25, 0.3) is 0 Å². The van der Waals surface area contributed by atoms with E-state index in [0.717, 1.165) is 19.4 Å². The highest BCUT2D eigenvalue weighted by Gasteiger charge is 2.25. The largest absolute Gasteiger partial charge is 0.383 e. The van der Waals surface area contributed by atoms with Crippen molar-refractivity contribution in [2.75, 3.05) is 40.9 Å². The summed E-state index contributed by atoms with van der Waals surface area (Å²) < 4.78 is 5.18. The fourth-order valence-electron chi connectivity index (χ4n) is 2.34. The molecule has 0 aliphatic rings. The molecule has 0 aliphatic heterocycles. The second-order valence-corrected chi connectivity index (χ2v) is 5.08. The van der Waals surface area contributed by atoms with Crippen molar-refractivity contribution < 1.29 is 9.53 Å². The summed E-state index contributed by atoms with van der Waals surface area (Å²) in [7, 11) is 5.27. The van der Waals surface area contributed by atoms with Crippen molar-refractivity contribution in [2.45, 2.75) is 45.2 Å². The summed E-state index contributed by atoms with van der Waals surface area (Å²) in [5.74, 6) is 0.129. The molecule has 0 spiro atoms. The van der Waals surface area contributed by atoms with E-state index in [9.17, 15) is 4.79 Å². The molecular weight excluding hydrogens is 242 g/mol. The predicted octanol–water partition coefficient (Wildman–Crippen LogP) is 0.929. The molecule has 0 radical (unpaired) electrons. The molecule has 0 aromatic carbocycles. The van der Waals surface area contributed by atoms with Crippen LogP contribution in [0.5, 0.6) is 0 Å². The van der Waals surface area contributed by atoms with E-state index in [1.807, 2.05) is 0 Å². The Balaban J connectivity index is 4.79. The van der Waals surface area contributed by atoms with E-state index in [-0.39, 0.29) is 11.9 Å². The van der Waals surface area contributed by atoms with Crippen LogP contribution in [0.3, 0.4) is 0 Å². The van der Waals surface area contributed by atoms with Gasteiger partial charge in [0.2, 0.25) is 5.91 Å². The minimum absolute atomic E-state index is 0.0925. The maximum Gasteiger partial charge on any atom is 0.223 e. The van der Waals surface area contributed by atoms with Crippen molar-refractivity contribution in [1.82, 2.24) is 9.80 Å². The number of nitrogens with zero attached hydrogens (tertiary/aromatic N) is 2. The lowest BCUT2D eigenvalue weighted by Gasteiger charge is -2.37. The number of nitrogens with two attached hydrogens (primary N) is 1. The van der Waals surface area contributed by atoms with Crippen molar-refractivity contribution >= 4 is 5.91 Å². The molecule has 0 aromatic rings. The zero-order valence-electron chi connectivity index (χ0n) is 13.2. The van der Waals surface area contributed by atoms with Crippen LogP contribution in [0.15, 0.2) is 0 Å². The minimum Gasteiger partial charge on any atom is -0.383 e. The van der Waals surface area contributed by atoms with E-state index >= 15 is 0 Å². The van der Waals surface area contributed by atoms with Gasteiger partial charge >= 0.3 is 0 Å². The topological polar surface area (TPSA) is 58.8 Å². The average Bonchev–Trinajstić information content (AvgIpc) is 2.40. The zero-order chi connectivity index (χ0) is 14.8. The van der Waals surface area contributed by atoms with Crippen LogP contribution in [-0.2, 0) is 9.53 Å². The van der Waals surface area contributed by atoms with Crippen LogP contribution in [0.2, 0.25) is 0 Å². The number of carbonyl (C=O) groups excluding carboxylic acids is 1. The van der Waals surface area contributed by atoms with Crippen molar-refractivity contribution in [2.24, 2.45) is 5.73 Å². The molecule has 0 saturated heterocycles. The Bertz CT molecular complexity index is 243. The number of methoxy groups -OCH3 is 1. The van der Waals surface area contributed by atoms with Gasteiger partial charge in [-0.2, -0.15) is 0 Å². The van der Waals surface area contributed by atoms with Crippen molar-refractivity contribution in [1.29, 1.82) is 0 Å². The number of hydrogen-bond acceptors (Lipinski definition) is 4. The molecule has 0 aromatic heterocycles. The second-order valence-electron chi connectivity index (χ2n) is 5.08. The smallest absolute Gasteiger partial charge is 0.223 e. The Morgan fingerprint density at radius 1 is 1.21 bits per heavy atom. The molecule has 0 fully saturated rings. The van der Waals surface area contributed by atoms with Crippen LogP contribution in [0, 0.1) is 0 Å². The van der Waals surface area contributed by atoms with Gasteiger partial charge in [0.1, 0.15) is 0 Å². The summed E-state index contributed by atoms with van der Waals surface area (Å²) in [4.78, 5) is 15.9. The monoisotopic (exact) mass is 273 g/mol. The van der Waals surface area contributed by atoms with Crippen LogP contribution < -0.4 is 5.73 Å². The standard InChI is InChI=1S/C14H31N3O2/c1-6-12(7-2)17(8-9-19-5)13(11-15)10-14(18)16(3)4/h12-13H,6-11,15H2,1-5H3. The maximum atomic E-state index is 11.9. The van der Waals surface area contributed by atoms with Gasteiger partial charge in [0, 0.05) is 52.8 Å². The molecule has 0 heterocycles. The normalized spacial score (nSPS) is 13.1. The third-order valence-corrected chi connectivity index (χ3v) is 3.62. The summed E-state index contributed by atoms with van der Waals surface area (Å²) >= 11 is 0. The van der Waals surface area contributed by atoms with E-state index in [2.05, 4.69) is 18.7 Å². The first-order chi connectivity index (χ1) is 9.01. The predicted molar refractivity (Wildman–Crippen MR) is 79.1 cm³/mol. The third kappa shape index (κ3) is 6.36. The number of amides is 1. The first-order valence-corrected chi connectivity index (χ1v) is 7.16. The molecule has 5 heteroatoms. The molecule has 1 atom stereocenters. The molecule has 0 saturated carbocycles. The third-order valence-electron chi connectivity index (χ3n) is 3.62. The fourth-order valence-corrected chi connectivity index (χ4v) is 2.34. The van der Waals surface area contributed by atoms with E-state index in [1.165, 1.54) is 0 Å². The lowest BCUT2D eigenvalue weighted by molar-refractivity contribution is -0.130.